The maximum absolute atomic E-state index is 11.0. The predicted octanol–water partition coefficient (Wildman–Crippen LogP) is 3.53. The fourth-order valence-electron chi connectivity index (χ4n) is 1.45. The second-order valence-electron chi connectivity index (χ2n) is 3.71. The normalized spacial score (nSPS) is 10.1. The van der Waals surface area contributed by atoms with Crippen molar-refractivity contribution in [3.05, 3.63) is 52.8 Å². The Balaban J connectivity index is 2.37. The highest BCUT2D eigenvalue weighted by molar-refractivity contribution is 6.32. The summed E-state index contributed by atoms with van der Waals surface area (Å²) in [6, 6.07) is 6.64. The van der Waals surface area contributed by atoms with Crippen molar-refractivity contribution in [3.63, 3.8) is 0 Å². The maximum Gasteiger partial charge on any atom is 0.339 e. The molecule has 92 valence electrons. The molecule has 2 rings (SSSR count). The zero-order valence-electron chi connectivity index (χ0n) is 9.55. The molecule has 0 aliphatic heterocycles. The fourth-order valence-corrected chi connectivity index (χ4v) is 1.72. The number of pyridine rings is 1. The zero-order valence-corrected chi connectivity index (χ0v) is 10.3. The van der Waals surface area contributed by atoms with Crippen LogP contribution in [0.15, 0.2) is 36.7 Å². The van der Waals surface area contributed by atoms with Crippen LogP contribution in [0, 0.1) is 6.92 Å². The van der Waals surface area contributed by atoms with Gasteiger partial charge in [0.15, 0.2) is 5.75 Å². The van der Waals surface area contributed by atoms with E-state index in [1.54, 1.807) is 12.1 Å². The largest absolute Gasteiger partial charge is 0.478 e. The van der Waals surface area contributed by atoms with Crippen molar-refractivity contribution < 1.29 is 14.6 Å². The standard InChI is InChI=1S/C13H10ClNO3/c1-8-2-3-11(10(14)6-8)18-12-7-15-5-4-9(12)13(16)17/h2-7H,1H3,(H,16,17). The summed E-state index contributed by atoms with van der Waals surface area (Å²) < 4.78 is 5.48. The lowest BCUT2D eigenvalue weighted by Crippen LogP contribution is -2.00. The third-order valence-corrected chi connectivity index (χ3v) is 2.62. The second-order valence-corrected chi connectivity index (χ2v) is 4.12. The summed E-state index contributed by atoms with van der Waals surface area (Å²) >= 11 is 6.02. The van der Waals surface area contributed by atoms with E-state index in [-0.39, 0.29) is 11.3 Å². The summed E-state index contributed by atoms with van der Waals surface area (Å²) in [5, 5.41) is 9.44. The first kappa shape index (κ1) is 12.4. The van der Waals surface area contributed by atoms with Crippen molar-refractivity contribution in [3.8, 4) is 11.5 Å². The highest BCUT2D eigenvalue weighted by Gasteiger charge is 2.13. The number of carboxylic acids is 1. The van der Waals surface area contributed by atoms with Crippen LogP contribution in [0.5, 0.6) is 11.5 Å². The van der Waals surface area contributed by atoms with Gasteiger partial charge in [-0.15, -0.1) is 0 Å². The molecule has 0 spiro atoms. The van der Waals surface area contributed by atoms with E-state index >= 15 is 0 Å². The Morgan fingerprint density at radius 2 is 2.11 bits per heavy atom. The molecule has 0 amide bonds. The van der Waals surface area contributed by atoms with Gasteiger partial charge in [0, 0.05) is 6.20 Å². The van der Waals surface area contributed by atoms with E-state index in [4.69, 9.17) is 21.4 Å². The van der Waals surface area contributed by atoms with Gasteiger partial charge in [-0.05, 0) is 30.7 Å². The van der Waals surface area contributed by atoms with E-state index in [0.717, 1.165) is 5.56 Å². The molecule has 0 saturated heterocycles. The Morgan fingerprint density at radius 3 is 2.78 bits per heavy atom. The van der Waals surface area contributed by atoms with Crippen molar-refractivity contribution >= 4 is 17.6 Å². The monoisotopic (exact) mass is 263 g/mol. The number of nitrogens with zero attached hydrogens (tertiary/aromatic N) is 1. The molecule has 1 aromatic heterocycles. The van der Waals surface area contributed by atoms with Gasteiger partial charge in [0.2, 0.25) is 0 Å². The number of hydrogen-bond donors (Lipinski definition) is 1. The molecule has 0 unspecified atom stereocenters. The van der Waals surface area contributed by atoms with Crippen molar-refractivity contribution in [2.24, 2.45) is 0 Å². The summed E-state index contributed by atoms with van der Waals surface area (Å²) in [5.41, 5.74) is 1.04. The molecule has 0 saturated carbocycles. The van der Waals surface area contributed by atoms with E-state index in [1.165, 1.54) is 18.5 Å². The van der Waals surface area contributed by atoms with Crippen LogP contribution in [0.1, 0.15) is 15.9 Å². The number of halogens is 1. The summed E-state index contributed by atoms with van der Waals surface area (Å²) in [4.78, 5) is 14.8. The van der Waals surface area contributed by atoms with E-state index in [1.807, 2.05) is 13.0 Å². The zero-order chi connectivity index (χ0) is 13.1. The van der Waals surface area contributed by atoms with Gasteiger partial charge < -0.3 is 9.84 Å². The molecule has 1 aromatic carbocycles. The van der Waals surface area contributed by atoms with E-state index in [2.05, 4.69) is 4.98 Å². The van der Waals surface area contributed by atoms with Gasteiger partial charge in [0.1, 0.15) is 11.3 Å². The van der Waals surface area contributed by atoms with Crippen molar-refractivity contribution in [1.82, 2.24) is 4.98 Å². The molecule has 4 nitrogen and oxygen atoms in total. The lowest BCUT2D eigenvalue weighted by Gasteiger charge is -2.09. The molecule has 1 N–H and O–H groups in total. The smallest absolute Gasteiger partial charge is 0.339 e. The first-order chi connectivity index (χ1) is 8.58. The third-order valence-electron chi connectivity index (χ3n) is 2.32. The highest BCUT2D eigenvalue weighted by Crippen LogP contribution is 2.31. The number of ether oxygens (including phenoxy) is 1. The lowest BCUT2D eigenvalue weighted by molar-refractivity contribution is 0.0694. The number of benzene rings is 1. The molecule has 5 heteroatoms. The van der Waals surface area contributed by atoms with Crippen LogP contribution in [0.25, 0.3) is 0 Å². The van der Waals surface area contributed by atoms with Crippen LogP contribution in [-0.4, -0.2) is 16.1 Å². The van der Waals surface area contributed by atoms with E-state index in [0.29, 0.717) is 10.8 Å². The molecule has 0 aliphatic rings. The van der Waals surface area contributed by atoms with Gasteiger partial charge in [-0.3, -0.25) is 4.98 Å². The molecular formula is C13H10ClNO3. The Kier molecular flexibility index (Phi) is 3.48. The minimum Gasteiger partial charge on any atom is -0.478 e. The minimum absolute atomic E-state index is 0.0432. The maximum atomic E-state index is 11.0. The SMILES string of the molecule is Cc1ccc(Oc2cnccc2C(=O)O)c(Cl)c1. The number of aromatic carboxylic acids is 1. The quantitative estimate of drug-likeness (QED) is 0.920. The molecule has 0 radical (unpaired) electrons. The second kappa shape index (κ2) is 5.06. The van der Waals surface area contributed by atoms with Gasteiger partial charge in [-0.25, -0.2) is 4.79 Å². The van der Waals surface area contributed by atoms with Gasteiger partial charge in [0.25, 0.3) is 0 Å². The molecular weight excluding hydrogens is 254 g/mol. The average molecular weight is 264 g/mol. The van der Waals surface area contributed by atoms with Crippen molar-refractivity contribution in [2.45, 2.75) is 6.92 Å². The van der Waals surface area contributed by atoms with Crippen molar-refractivity contribution in [2.75, 3.05) is 0 Å². The third kappa shape index (κ3) is 2.60. The summed E-state index contributed by atoms with van der Waals surface area (Å²) in [5.74, 6) is -0.510. The molecule has 0 aliphatic carbocycles. The highest BCUT2D eigenvalue weighted by atomic mass is 35.5. The van der Waals surface area contributed by atoms with Gasteiger partial charge in [0.05, 0.1) is 11.2 Å². The van der Waals surface area contributed by atoms with Gasteiger partial charge >= 0.3 is 5.97 Å². The van der Waals surface area contributed by atoms with Crippen LogP contribution in [0.2, 0.25) is 5.02 Å². The van der Waals surface area contributed by atoms with Crippen LogP contribution in [-0.2, 0) is 0 Å². The van der Waals surface area contributed by atoms with Crippen LogP contribution >= 0.6 is 11.6 Å². The predicted molar refractivity (Wildman–Crippen MR) is 67.5 cm³/mol. The first-order valence-electron chi connectivity index (χ1n) is 5.19. The number of aryl methyl sites for hydroxylation is 1. The summed E-state index contributed by atoms with van der Waals surface area (Å²) in [7, 11) is 0. The Morgan fingerprint density at radius 1 is 1.33 bits per heavy atom. The van der Waals surface area contributed by atoms with Gasteiger partial charge in [-0.2, -0.15) is 0 Å². The Labute approximate surface area is 109 Å². The molecule has 0 atom stereocenters. The molecule has 0 bridgehead atoms. The van der Waals surface area contributed by atoms with Gasteiger partial charge in [-0.1, -0.05) is 17.7 Å². The Hall–Kier alpha value is -2.07. The average Bonchev–Trinajstić information content (AvgIpc) is 2.33. The molecule has 2 aromatic rings. The number of rotatable bonds is 3. The number of carbonyl (C=O) groups is 1. The molecule has 1 heterocycles. The van der Waals surface area contributed by atoms with Crippen molar-refractivity contribution in [1.29, 1.82) is 0 Å². The van der Waals surface area contributed by atoms with Crippen LogP contribution < -0.4 is 4.74 Å². The first-order valence-corrected chi connectivity index (χ1v) is 5.57. The molecule has 0 fully saturated rings. The number of hydrogen-bond acceptors (Lipinski definition) is 3. The lowest BCUT2D eigenvalue weighted by atomic mass is 10.2. The fraction of sp³-hybridized carbons (Fsp3) is 0.0769. The van der Waals surface area contributed by atoms with Crippen LogP contribution in [0.3, 0.4) is 0 Å². The topological polar surface area (TPSA) is 59.4 Å². The summed E-state index contributed by atoms with van der Waals surface area (Å²) in [6.07, 6.45) is 2.74. The Bertz CT molecular complexity index is 599. The van der Waals surface area contributed by atoms with E-state index < -0.39 is 5.97 Å². The summed E-state index contributed by atoms with van der Waals surface area (Å²) in [6.45, 7) is 1.91. The molecule has 18 heavy (non-hydrogen) atoms. The number of carboxylic acid groups (broad SMARTS) is 1. The minimum atomic E-state index is -1.07. The van der Waals surface area contributed by atoms with Crippen LogP contribution in [0.4, 0.5) is 0 Å². The van der Waals surface area contributed by atoms with E-state index in [9.17, 15) is 4.79 Å². The number of aromatic nitrogens is 1.